The van der Waals surface area contributed by atoms with Crippen molar-refractivity contribution in [1.82, 2.24) is 9.80 Å². The van der Waals surface area contributed by atoms with Crippen LogP contribution in [0.2, 0.25) is 0 Å². The van der Waals surface area contributed by atoms with Gasteiger partial charge in [0.05, 0.1) is 37.9 Å². The van der Waals surface area contributed by atoms with Crippen LogP contribution >= 0.6 is 0 Å². The predicted octanol–water partition coefficient (Wildman–Crippen LogP) is -13.1. The first-order valence-electron chi connectivity index (χ1n) is 8.34. The summed E-state index contributed by atoms with van der Waals surface area (Å²) in [5.41, 5.74) is -0.728. The summed E-state index contributed by atoms with van der Waals surface area (Å²) < 4.78 is 0. The van der Waals surface area contributed by atoms with Gasteiger partial charge in [-0.1, -0.05) is 0 Å². The van der Waals surface area contributed by atoms with E-state index in [1.807, 2.05) is 0 Å². The van der Waals surface area contributed by atoms with Crippen LogP contribution in [0.3, 0.4) is 0 Å². The summed E-state index contributed by atoms with van der Waals surface area (Å²) in [5, 5.41) is 52.2. The fourth-order valence-electron chi connectivity index (χ4n) is 2.20. The Morgan fingerprint density at radius 3 is 1.03 bits per heavy atom. The summed E-state index contributed by atoms with van der Waals surface area (Å²) in [7, 11) is 0. The second kappa shape index (κ2) is 25.8. The Bertz CT molecular complexity index is 484. The molecule has 0 heterocycles. The maximum atomic E-state index is 10.6. The summed E-state index contributed by atoms with van der Waals surface area (Å²) in [6.07, 6.45) is 0.0301. The third-order valence-electron chi connectivity index (χ3n) is 2.96. The van der Waals surface area contributed by atoms with Gasteiger partial charge in [0.1, 0.15) is 0 Å². The van der Waals surface area contributed by atoms with E-state index in [-0.39, 0.29) is 137 Å². The fraction of sp³-hybridized carbons (Fsp3) is 0.750. The molecule has 32 heavy (non-hydrogen) atoms. The molecule has 0 bridgehead atoms. The van der Waals surface area contributed by atoms with Crippen LogP contribution in [-0.4, -0.2) is 115 Å². The summed E-state index contributed by atoms with van der Waals surface area (Å²) in [5.74, 6) is -4.91. The number of carboxylic acid groups (broad SMARTS) is 4. The molecule has 0 saturated carbocycles. The number of hydrogen-bond acceptors (Lipinski definition) is 8. The minimum Gasteiger partial charge on any atom is -1.00 e. The van der Waals surface area contributed by atoms with Gasteiger partial charge in [0.25, 0.3) is 0 Å². The zero-order valence-corrected chi connectivity index (χ0v) is 28.2. The first kappa shape index (κ1) is 47.0. The van der Waals surface area contributed by atoms with Crippen molar-refractivity contribution in [2.75, 3.05) is 39.3 Å². The SMILES string of the molecule is CC(O)CC(C)(C)O.O=C(O)CN(CCN(CC(=O)O)CC(=O)O)CC(=O)O.[H-].[H-].[H-].[H-].[Na+].[Na+].[Na+].[Na+]. The number of hydrogen-bond donors (Lipinski definition) is 6. The Morgan fingerprint density at radius 1 is 0.719 bits per heavy atom. The number of aliphatic carboxylic acids is 4. The van der Waals surface area contributed by atoms with Crippen LogP contribution in [0.15, 0.2) is 0 Å². The molecule has 0 aliphatic rings. The average molecular weight is 506 g/mol. The van der Waals surface area contributed by atoms with Crippen molar-refractivity contribution >= 4 is 23.9 Å². The van der Waals surface area contributed by atoms with Crippen molar-refractivity contribution < 1.29 is 174 Å². The molecule has 0 rings (SSSR count). The molecule has 0 aromatic rings. The van der Waals surface area contributed by atoms with Gasteiger partial charge in [-0.3, -0.25) is 29.0 Å². The van der Waals surface area contributed by atoms with E-state index in [2.05, 4.69) is 0 Å². The van der Waals surface area contributed by atoms with Crippen molar-refractivity contribution in [3.63, 3.8) is 0 Å². The largest absolute Gasteiger partial charge is 1.00 e. The maximum Gasteiger partial charge on any atom is 1.00 e. The van der Waals surface area contributed by atoms with Crippen LogP contribution in [0.25, 0.3) is 0 Å². The summed E-state index contributed by atoms with van der Waals surface area (Å²) in [6.45, 7) is 2.77. The summed E-state index contributed by atoms with van der Waals surface area (Å²) in [6, 6.07) is 0. The Balaban J connectivity index is -0.0000000467. The minimum atomic E-state index is -1.23. The van der Waals surface area contributed by atoms with Crippen molar-refractivity contribution in [2.45, 2.75) is 38.9 Å². The smallest absolute Gasteiger partial charge is 1.00 e. The van der Waals surface area contributed by atoms with Crippen LogP contribution in [0, 0.1) is 0 Å². The number of carboxylic acids is 4. The number of carbonyl (C=O) groups is 4. The van der Waals surface area contributed by atoms with Gasteiger partial charge in [0, 0.05) is 19.5 Å². The quantitative estimate of drug-likeness (QED) is 0.129. The van der Waals surface area contributed by atoms with E-state index in [1.165, 1.54) is 0 Å². The molecule has 0 amide bonds. The Hall–Kier alpha value is 1.72. The molecule has 0 aromatic heterocycles. The molecule has 12 nitrogen and oxygen atoms in total. The Labute approximate surface area is 282 Å². The van der Waals surface area contributed by atoms with Gasteiger partial charge in [0.2, 0.25) is 0 Å². The number of aliphatic hydroxyl groups excluding tert-OH is 1. The zero-order chi connectivity index (χ0) is 22.5. The van der Waals surface area contributed by atoms with E-state index in [0.29, 0.717) is 6.42 Å². The van der Waals surface area contributed by atoms with E-state index in [4.69, 9.17) is 30.6 Å². The van der Waals surface area contributed by atoms with Gasteiger partial charge in [-0.2, -0.15) is 0 Å². The molecule has 0 saturated heterocycles. The molecule has 0 aliphatic carbocycles. The molecule has 0 aromatic carbocycles. The molecule has 0 fully saturated rings. The Kier molecular flexibility index (Phi) is 37.9. The fourth-order valence-corrected chi connectivity index (χ4v) is 2.20. The van der Waals surface area contributed by atoms with Crippen LogP contribution in [0.5, 0.6) is 0 Å². The number of nitrogens with zero attached hydrogens (tertiary/aromatic N) is 2. The zero-order valence-electron chi connectivity index (χ0n) is 24.2. The molecule has 16 heteroatoms. The van der Waals surface area contributed by atoms with Gasteiger partial charge < -0.3 is 36.3 Å². The normalized spacial score (nSPS) is 10.7. The molecule has 0 aliphatic heterocycles. The van der Waals surface area contributed by atoms with Crippen LogP contribution in [0.1, 0.15) is 32.9 Å². The first-order chi connectivity index (χ1) is 12.6. The first-order valence-corrected chi connectivity index (χ1v) is 8.34. The van der Waals surface area contributed by atoms with Gasteiger partial charge in [-0.05, 0) is 20.8 Å². The minimum absolute atomic E-state index is 0. The molecular formula is C16H34N2Na4O10. The molecule has 1 unspecified atom stereocenters. The second-order valence-electron chi connectivity index (χ2n) is 6.86. The molecule has 172 valence electrons. The van der Waals surface area contributed by atoms with E-state index < -0.39 is 61.8 Å². The summed E-state index contributed by atoms with van der Waals surface area (Å²) >= 11 is 0. The third kappa shape index (κ3) is 39.0. The average Bonchev–Trinajstić information content (AvgIpc) is 2.39. The van der Waals surface area contributed by atoms with Crippen molar-refractivity contribution in [1.29, 1.82) is 0 Å². The monoisotopic (exact) mass is 506 g/mol. The van der Waals surface area contributed by atoms with Crippen LogP contribution < -0.4 is 118 Å². The maximum absolute atomic E-state index is 10.6. The standard InChI is InChI=1S/C10H16N2O8.C6H14O2.4Na.4H/c13-7(14)3-11(4-8(15)16)1-2-12(5-9(17)18)6-10(19)20;1-5(7)4-6(2,3)8;;;;;;;;/h1-6H2,(H,13,14)(H,15,16)(H,17,18)(H,19,20);5,7-8H,4H2,1-3H3;;;;;;;;/q;;4*+1;4*-1. The van der Waals surface area contributed by atoms with Crippen molar-refractivity contribution in [3.05, 3.63) is 0 Å². The topological polar surface area (TPSA) is 196 Å². The van der Waals surface area contributed by atoms with E-state index >= 15 is 0 Å². The molecule has 0 radical (unpaired) electrons. The van der Waals surface area contributed by atoms with Gasteiger partial charge >= 0.3 is 142 Å². The van der Waals surface area contributed by atoms with Crippen LogP contribution in [-0.2, 0) is 19.2 Å². The molecule has 1 atom stereocenters. The molecule has 0 spiro atoms. The van der Waals surface area contributed by atoms with E-state index in [1.54, 1.807) is 20.8 Å². The third-order valence-corrected chi connectivity index (χ3v) is 2.96. The second-order valence-corrected chi connectivity index (χ2v) is 6.86. The summed E-state index contributed by atoms with van der Waals surface area (Å²) in [4.78, 5) is 44.4. The van der Waals surface area contributed by atoms with Gasteiger partial charge in [-0.15, -0.1) is 0 Å². The number of rotatable bonds is 13. The van der Waals surface area contributed by atoms with Crippen LogP contribution in [0.4, 0.5) is 0 Å². The van der Waals surface area contributed by atoms with Crippen molar-refractivity contribution in [2.24, 2.45) is 0 Å². The molecule has 6 N–H and O–H groups in total. The van der Waals surface area contributed by atoms with E-state index in [0.717, 1.165) is 9.80 Å². The Morgan fingerprint density at radius 2 is 0.938 bits per heavy atom. The molecular weight excluding hydrogens is 472 g/mol. The van der Waals surface area contributed by atoms with Gasteiger partial charge in [-0.25, -0.2) is 0 Å². The van der Waals surface area contributed by atoms with Crippen molar-refractivity contribution in [3.8, 4) is 0 Å². The van der Waals surface area contributed by atoms with Gasteiger partial charge in [0.15, 0.2) is 0 Å². The van der Waals surface area contributed by atoms with E-state index in [9.17, 15) is 19.2 Å². The number of aliphatic hydroxyl groups is 2. The predicted molar refractivity (Wildman–Crippen MR) is 100 cm³/mol.